The van der Waals surface area contributed by atoms with Crippen molar-refractivity contribution in [1.82, 2.24) is 20.2 Å². The van der Waals surface area contributed by atoms with Gasteiger partial charge >= 0.3 is 6.09 Å². The van der Waals surface area contributed by atoms with E-state index < -0.39 is 6.09 Å². The maximum absolute atomic E-state index is 14.1. The molecule has 1 saturated heterocycles. The zero-order valence-electron chi connectivity index (χ0n) is 21.7. The van der Waals surface area contributed by atoms with Crippen LogP contribution in [0, 0.1) is 5.92 Å². The first kappa shape index (κ1) is 26.9. The molecule has 1 aliphatic carbocycles. The number of likely N-dealkylation sites (tertiary alicyclic amines) is 1. The van der Waals surface area contributed by atoms with Gasteiger partial charge in [-0.25, -0.2) is 9.78 Å². The molecule has 6 rings (SSSR count). The predicted molar refractivity (Wildman–Crippen MR) is 155 cm³/mol. The van der Waals surface area contributed by atoms with Crippen LogP contribution in [0.4, 0.5) is 4.79 Å². The quantitative estimate of drug-likeness (QED) is 0.240. The third-order valence-corrected chi connectivity index (χ3v) is 9.47. The van der Waals surface area contributed by atoms with Gasteiger partial charge in [-0.1, -0.05) is 41.1 Å². The molecule has 3 heterocycles. The van der Waals surface area contributed by atoms with E-state index in [-0.39, 0.29) is 24.5 Å². The third kappa shape index (κ3) is 5.38. The Hall–Kier alpha value is -3.25. The van der Waals surface area contributed by atoms with Gasteiger partial charge in [0.15, 0.2) is 11.4 Å². The maximum atomic E-state index is 14.1. The second kappa shape index (κ2) is 11.7. The molecule has 9 nitrogen and oxygen atoms in total. The van der Waals surface area contributed by atoms with Crippen LogP contribution < -0.4 is 14.8 Å². The summed E-state index contributed by atoms with van der Waals surface area (Å²) in [4.78, 5) is 38.4. The van der Waals surface area contributed by atoms with Gasteiger partial charge in [0.25, 0.3) is 11.1 Å². The van der Waals surface area contributed by atoms with Crippen LogP contribution in [0.5, 0.6) is 10.9 Å². The first-order chi connectivity index (χ1) is 19.5. The van der Waals surface area contributed by atoms with E-state index in [1.807, 2.05) is 29.2 Å². The molecule has 0 unspecified atom stereocenters. The number of amides is 2. The number of fused-ring (bicyclic) bond motifs is 3. The SMILES string of the molecule is COCCOc1nc(C(=O)N2[C@H]3CC[C@@H](C3)[C@@H]2CNC(=O)Oc2cccc3ncsc23)c(-c2cccc(Cl)c2)s1. The standard InChI is InChI=1S/C28H27ClN4O5S2/c1-36-10-11-37-28-32-23(24(40-28)17-4-2-5-18(29)12-17)26(34)33-19-9-8-16(13-19)21(33)14-30-27(35)38-22-7-3-6-20-25(22)39-15-31-20/h2-7,12,15-16,19,21H,8-11,13-14H2,1H3,(H,30,35)/t16-,19-,21-/m0/s1. The Morgan fingerprint density at radius 1 is 1.18 bits per heavy atom. The van der Waals surface area contributed by atoms with Gasteiger partial charge in [-0.3, -0.25) is 4.79 Å². The zero-order chi connectivity index (χ0) is 27.6. The van der Waals surface area contributed by atoms with E-state index in [0.29, 0.717) is 45.7 Å². The molecule has 2 bridgehead atoms. The largest absolute Gasteiger partial charge is 0.468 e. The van der Waals surface area contributed by atoms with Crippen molar-refractivity contribution in [3.05, 3.63) is 58.7 Å². The number of thiazole rings is 2. The topological polar surface area (TPSA) is 103 Å². The fourth-order valence-electron chi connectivity index (χ4n) is 5.60. The third-order valence-electron chi connectivity index (χ3n) is 7.36. The van der Waals surface area contributed by atoms with Crippen molar-refractivity contribution in [3.63, 3.8) is 0 Å². The molecule has 2 fully saturated rings. The van der Waals surface area contributed by atoms with Crippen molar-refractivity contribution in [2.45, 2.75) is 31.3 Å². The van der Waals surface area contributed by atoms with E-state index in [1.54, 1.807) is 30.8 Å². The number of halogens is 1. The van der Waals surface area contributed by atoms with Crippen molar-refractivity contribution in [1.29, 1.82) is 0 Å². The number of piperidine rings is 1. The summed E-state index contributed by atoms with van der Waals surface area (Å²) in [5, 5.41) is 3.87. The van der Waals surface area contributed by atoms with E-state index in [2.05, 4.69) is 15.3 Å². The van der Waals surface area contributed by atoms with E-state index in [4.69, 9.17) is 25.8 Å². The highest BCUT2D eigenvalue weighted by atomic mass is 35.5. The Morgan fingerprint density at radius 3 is 2.90 bits per heavy atom. The van der Waals surface area contributed by atoms with Crippen molar-refractivity contribution in [2.75, 3.05) is 26.9 Å². The number of nitrogens with one attached hydrogen (secondary N) is 1. The highest BCUT2D eigenvalue weighted by Crippen LogP contribution is 2.45. The highest BCUT2D eigenvalue weighted by molar-refractivity contribution is 7.17. The minimum Gasteiger partial charge on any atom is -0.468 e. The Bertz CT molecular complexity index is 1540. The molecule has 2 aromatic heterocycles. The summed E-state index contributed by atoms with van der Waals surface area (Å²) in [7, 11) is 1.60. The van der Waals surface area contributed by atoms with Gasteiger partial charge in [0, 0.05) is 24.7 Å². The summed E-state index contributed by atoms with van der Waals surface area (Å²) in [5.41, 5.74) is 3.63. The van der Waals surface area contributed by atoms with Gasteiger partial charge in [-0.05, 0) is 55.0 Å². The van der Waals surface area contributed by atoms with Gasteiger partial charge in [-0.2, -0.15) is 4.98 Å². The smallest absolute Gasteiger partial charge is 0.412 e. The molecule has 40 heavy (non-hydrogen) atoms. The van der Waals surface area contributed by atoms with Crippen LogP contribution >= 0.6 is 34.3 Å². The van der Waals surface area contributed by atoms with Crippen LogP contribution in [0.25, 0.3) is 20.7 Å². The molecule has 208 valence electrons. The number of carbonyl (C=O) groups is 2. The molecule has 2 amide bonds. The Balaban J connectivity index is 1.22. The minimum absolute atomic E-state index is 0.0954. The van der Waals surface area contributed by atoms with Crippen molar-refractivity contribution < 1.29 is 23.8 Å². The van der Waals surface area contributed by atoms with Gasteiger partial charge in [0.1, 0.15) is 6.61 Å². The molecule has 3 atom stereocenters. The number of ether oxygens (including phenoxy) is 3. The lowest BCUT2D eigenvalue weighted by Gasteiger charge is -2.35. The maximum Gasteiger partial charge on any atom is 0.412 e. The minimum atomic E-state index is -0.557. The van der Waals surface area contributed by atoms with Crippen LogP contribution in [0.15, 0.2) is 48.0 Å². The lowest BCUT2D eigenvalue weighted by atomic mass is 9.98. The molecular weight excluding hydrogens is 572 g/mol. The normalized spacial score (nSPS) is 19.8. The van der Waals surface area contributed by atoms with Crippen molar-refractivity contribution in [3.8, 4) is 21.4 Å². The number of hydrogen-bond donors (Lipinski definition) is 1. The second-order valence-corrected chi connectivity index (χ2v) is 12.0. The van der Waals surface area contributed by atoms with Gasteiger partial charge in [0.2, 0.25) is 0 Å². The highest BCUT2D eigenvalue weighted by Gasteiger charge is 2.49. The lowest BCUT2D eigenvalue weighted by molar-refractivity contribution is 0.0585. The fraction of sp³-hybridized carbons (Fsp3) is 0.357. The van der Waals surface area contributed by atoms with Gasteiger partial charge in [0.05, 0.1) is 33.3 Å². The number of carbonyl (C=O) groups excluding carboxylic acids is 2. The average Bonchev–Trinajstić information content (AvgIpc) is 3.75. The summed E-state index contributed by atoms with van der Waals surface area (Å²) < 4.78 is 17.3. The van der Waals surface area contributed by atoms with E-state index in [1.165, 1.54) is 22.7 Å². The van der Waals surface area contributed by atoms with Gasteiger partial charge < -0.3 is 24.4 Å². The monoisotopic (exact) mass is 598 g/mol. The molecule has 2 aliphatic rings. The summed E-state index contributed by atoms with van der Waals surface area (Å²) in [6.45, 7) is 1.02. The van der Waals surface area contributed by atoms with Crippen molar-refractivity contribution in [2.24, 2.45) is 5.92 Å². The van der Waals surface area contributed by atoms with E-state index in [9.17, 15) is 9.59 Å². The first-order valence-corrected chi connectivity index (χ1v) is 15.1. The van der Waals surface area contributed by atoms with Crippen LogP contribution in [-0.2, 0) is 4.74 Å². The number of benzene rings is 2. The Labute approximate surface area is 244 Å². The number of aromatic nitrogens is 2. The fourth-order valence-corrected chi connectivity index (χ4v) is 7.46. The van der Waals surface area contributed by atoms with Crippen LogP contribution in [0.3, 0.4) is 0 Å². The summed E-state index contributed by atoms with van der Waals surface area (Å²) >= 11 is 9.01. The van der Waals surface area contributed by atoms with E-state index in [0.717, 1.165) is 35.0 Å². The Morgan fingerprint density at radius 2 is 2.05 bits per heavy atom. The first-order valence-electron chi connectivity index (χ1n) is 13.0. The van der Waals surface area contributed by atoms with Crippen LogP contribution in [0.2, 0.25) is 5.02 Å². The molecular formula is C28H27ClN4O5S2. The lowest BCUT2D eigenvalue weighted by Crippen LogP contribution is -2.50. The second-order valence-electron chi connectivity index (χ2n) is 9.74. The molecule has 12 heteroatoms. The molecule has 0 spiro atoms. The van der Waals surface area contributed by atoms with E-state index >= 15 is 0 Å². The summed E-state index contributed by atoms with van der Waals surface area (Å²) in [6.07, 6.45) is 2.29. The molecule has 4 aromatic rings. The average molecular weight is 599 g/mol. The van der Waals surface area contributed by atoms with Gasteiger partial charge in [-0.15, -0.1) is 11.3 Å². The summed E-state index contributed by atoms with van der Waals surface area (Å²) in [5.74, 6) is 0.590. The molecule has 1 aliphatic heterocycles. The van der Waals surface area contributed by atoms with Crippen LogP contribution in [0.1, 0.15) is 29.8 Å². The number of nitrogens with zero attached hydrogens (tertiary/aromatic N) is 3. The summed E-state index contributed by atoms with van der Waals surface area (Å²) in [6, 6.07) is 12.7. The Kier molecular flexibility index (Phi) is 7.88. The zero-order valence-corrected chi connectivity index (χ0v) is 24.1. The molecule has 1 N–H and O–H groups in total. The number of rotatable bonds is 9. The predicted octanol–water partition coefficient (Wildman–Crippen LogP) is 5.88. The molecule has 1 saturated carbocycles. The molecule has 2 aromatic carbocycles. The molecule has 0 radical (unpaired) electrons. The number of hydrogen-bond acceptors (Lipinski definition) is 9. The van der Waals surface area contributed by atoms with Crippen molar-refractivity contribution >= 4 is 56.5 Å². The van der Waals surface area contributed by atoms with Crippen LogP contribution in [-0.4, -0.2) is 65.8 Å². The number of methoxy groups -OCH3 is 1.